The maximum atomic E-state index is 12.0. The molecule has 0 radical (unpaired) electrons. The summed E-state index contributed by atoms with van der Waals surface area (Å²) in [6, 6.07) is 6.80. The van der Waals surface area contributed by atoms with Crippen molar-refractivity contribution in [1.82, 2.24) is 14.8 Å². The molecule has 1 unspecified atom stereocenters. The molecule has 0 aliphatic heterocycles. The van der Waals surface area contributed by atoms with E-state index < -0.39 is 9.84 Å². The van der Waals surface area contributed by atoms with Gasteiger partial charge in [0.1, 0.15) is 6.33 Å². The van der Waals surface area contributed by atoms with E-state index in [1.54, 1.807) is 30.6 Å². The number of sulfone groups is 1. The zero-order chi connectivity index (χ0) is 15.5. The van der Waals surface area contributed by atoms with Crippen molar-refractivity contribution in [2.45, 2.75) is 31.2 Å². The SMILES string of the molecule is CCCS(=O)(=O)c1ccc(NC(C)c2nncn2C)cc1. The van der Waals surface area contributed by atoms with Gasteiger partial charge in [0.05, 0.1) is 16.7 Å². The lowest BCUT2D eigenvalue weighted by Gasteiger charge is -2.14. The molecule has 1 atom stereocenters. The highest BCUT2D eigenvalue weighted by molar-refractivity contribution is 7.91. The lowest BCUT2D eigenvalue weighted by molar-refractivity contribution is 0.594. The third-order valence-electron chi connectivity index (χ3n) is 3.20. The summed E-state index contributed by atoms with van der Waals surface area (Å²) in [5.74, 6) is 0.993. The average Bonchev–Trinajstić information content (AvgIpc) is 2.85. The molecule has 1 heterocycles. The van der Waals surface area contributed by atoms with Crippen LogP contribution in [0, 0.1) is 0 Å². The van der Waals surface area contributed by atoms with Crippen LogP contribution in [-0.2, 0) is 16.9 Å². The third-order valence-corrected chi connectivity index (χ3v) is 5.14. The summed E-state index contributed by atoms with van der Waals surface area (Å²) in [5, 5.41) is 11.2. The van der Waals surface area contributed by atoms with Gasteiger partial charge >= 0.3 is 0 Å². The first-order chi connectivity index (χ1) is 9.94. The molecule has 1 N–H and O–H groups in total. The van der Waals surface area contributed by atoms with E-state index in [1.807, 2.05) is 25.5 Å². The Kier molecular flexibility index (Phi) is 4.62. The number of hydrogen-bond acceptors (Lipinski definition) is 5. The van der Waals surface area contributed by atoms with Crippen molar-refractivity contribution >= 4 is 15.5 Å². The van der Waals surface area contributed by atoms with Gasteiger partial charge in [-0.05, 0) is 37.6 Å². The minimum absolute atomic E-state index is 0.0180. The van der Waals surface area contributed by atoms with Crippen LogP contribution in [-0.4, -0.2) is 28.9 Å². The number of benzene rings is 1. The van der Waals surface area contributed by atoms with E-state index in [2.05, 4.69) is 15.5 Å². The second-order valence-corrected chi connectivity index (χ2v) is 7.12. The van der Waals surface area contributed by atoms with Crippen molar-refractivity contribution in [3.05, 3.63) is 36.4 Å². The fourth-order valence-corrected chi connectivity index (χ4v) is 3.47. The normalized spacial score (nSPS) is 13.1. The van der Waals surface area contributed by atoms with E-state index in [9.17, 15) is 8.42 Å². The highest BCUT2D eigenvalue weighted by atomic mass is 32.2. The van der Waals surface area contributed by atoms with Crippen molar-refractivity contribution < 1.29 is 8.42 Å². The smallest absolute Gasteiger partial charge is 0.178 e. The molecule has 0 spiro atoms. The van der Waals surface area contributed by atoms with Crippen LogP contribution in [0.2, 0.25) is 0 Å². The lowest BCUT2D eigenvalue weighted by Crippen LogP contribution is -2.12. The Hall–Kier alpha value is -1.89. The number of nitrogens with zero attached hydrogens (tertiary/aromatic N) is 3. The van der Waals surface area contributed by atoms with Gasteiger partial charge in [-0.25, -0.2) is 8.42 Å². The van der Waals surface area contributed by atoms with Crippen molar-refractivity contribution in [1.29, 1.82) is 0 Å². The molecule has 114 valence electrons. The van der Waals surface area contributed by atoms with E-state index in [4.69, 9.17) is 0 Å². The summed E-state index contributed by atoms with van der Waals surface area (Å²) in [5.41, 5.74) is 0.848. The van der Waals surface area contributed by atoms with E-state index >= 15 is 0 Å². The number of aromatic nitrogens is 3. The number of anilines is 1. The summed E-state index contributed by atoms with van der Waals surface area (Å²) < 4.78 is 25.8. The molecule has 0 saturated carbocycles. The summed E-state index contributed by atoms with van der Waals surface area (Å²) in [6.45, 7) is 3.84. The molecule has 21 heavy (non-hydrogen) atoms. The first-order valence-corrected chi connectivity index (χ1v) is 8.52. The van der Waals surface area contributed by atoms with Gasteiger partial charge in [-0.1, -0.05) is 6.92 Å². The van der Waals surface area contributed by atoms with Crippen LogP contribution < -0.4 is 5.32 Å². The van der Waals surface area contributed by atoms with Gasteiger partial charge in [0, 0.05) is 12.7 Å². The largest absolute Gasteiger partial charge is 0.375 e. The topological polar surface area (TPSA) is 76.9 Å². The first-order valence-electron chi connectivity index (χ1n) is 6.87. The predicted molar refractivity (Wildman–Crippen MR) is 81.8 cm³/mol. The summed E-state index contributed by atoms with van der Waals surface area (Å²) in [6.07, 6.45) is 2.26. The summed E-state index contributed by atoms with van der Waals surface area (Å²) in [4.78, 5) is 0.362. The molecule has 2 rings (SSSR count). The molecular weight excluding hydrogens is 288 g/mol. The molecule has 0 fully saturated rings. The Bertz CT molecular complexity index is 692. The van der Waals surface area contributed by atoms with Crippen molar-refractivity contribution in [2.24, 2.45) is 7.05 Å². The van der Waals surface area contributed by atoms with Crippen LogP contribution >= 0.6 is 0 Å². The Labute approximate surface area is 125 Å². The third kappa shape index (κ3) is 3.60. The number of rotatable bonds is 6. The number of hydrogen-bond donors (Lipinski definition) is 1. The Morgan fingerprint density at radius 2 is 1.95 bits per heavy atom. The molecule has 0 amide bonds. The molecule has 0 aliphatic carbocycles. The molecule has 1 aromatic carbocycles. The van der Waals surface area contributed by atoms with Gasteiger partial charge in [-0.3, -0.25) is 0 Å². The maximum absolute atomic E-state index is 12.0. The lowest BCUT2D eigenvalue weighted by atomic mass is 10.2. The van der Waals surface area contributed by atoms with Gasteiger partial charge in [-0.15, -0.1) is 10.2 Å². The minimum atomic E-state index is -3.16. The van der Waals surface area contributed by atoms with Crippen LogP contribution in [0.1, 0.15) is 32.1 Å². The van der Waals surface area contributed by atoms with E-state index in [1.165, 1.54) is 0 Å². The van der Waals surface area contributed by atoms with Crippen molar-refractivity contribution in [2.75, 3.05) is 11.1 Å². The Morgan fingerprint density at radius 3 is 2.48 bits per heavy atom. The van der Waals surface area contributed by atoms with Crippen LogP contribution in [0.4, 0.5) is 5.69 Å². The van der Waals surface area contributed by atoms with Crippen LogP contribution in [0.5, 0.6) is 0 Å². The van der Waals surface area contributed by atoms with E-state index in [-0.39, 0.29) is 11.8 Å². The fourth-order valence-electron chi connectivity index (χ4n) is 2.14. The Balaban J connectivity index is 2.11. The Morgan fingerprint density at radius 1 is 1.29 bits per heavy atom. The summed E-state index contributed by atoms with van der Waals surface area (Å²) in [7, 11) is -1.28. The molecule has 1 aromatic heterocycles. The monoisotopic (exact) mass is 308 g/mol. The predicted octanol–water partition coefficient (Wildman–Crippen LogP) is 2.17. The van der Waals surface area contributed by atoms with Gasteiger partial charge in [-0.2, -0.15) is 0 Å². The standard InChI is InChI=1S/C14H20N4O2S/c1-4-9-21(19,20)13-7-5-12(6-8-13)16-11(2)14-17-15-10-18(14)3/h5-8,10-11,16H,4,9H2,1-3H3. The van der Waals surface area contributed by atoms with Gasteiger partial charge < -0.3 is 9.88 Å². The van der Waals surface area contributed by atoms with Crippen LogP contribution in [0.25, 0.3) is 0 Å². The molecule has 0 aliphatic rings. The summed E-state index contributed by atoms with van der Waals surface area (Å²) >= 11 is 0. The van der Waals surface area contributed by atoms with Crippen molar-refractivity contribution in [3.63, 3.8) is 0 Å². The van der Waals surface area contributed by atoms with Gasteiger partial charge in [0.25, 0.3) is 0 Å². The zero-order valence-electron chi connectivity index (χ0n) is 12.4. The average molecular weight is 308 g/mol. The molecule has 2 aromatic rings. The molecular formula is C14H20N4O2S. The fraction of sp³-hybridized carbons (Fsp3) is 0.429. The van der Waals surface area contributed by atoms with Crippen LogP contribution in [0.3, 0.4) is 0 Å². The molecule has 0 saturated heterocycles. The van der Waals surface area contributed by atoms with E-state index in [0.717, 1.165) is 11.5 Å². The van der Waals surface area contributed by atoms with Gasteiger partial charge in [0.15, 0.2) is 15.7 Å². The minimum Gasteiger partial charge on any atom is -0.375 e. The van der Waals surface area contributed by atoms with Gasteiger partial charge in [0.2, 0.25) is 0 Å². The highest BCUT2D eigenvalue weighted by Gasteiger charge is 2.14. The molecule has 7 heteroatoms. The molecule has 6 nitrogen and oxygen atoms in total. The number of nitrogens with one attached hydrogen (secondary N) is 1. The number of aryl methyl sites for hydroxylation is 1. The quantitative estimate of drug-likeness (QED) is 0.885. The second-order valence-electron chi connectivity index (χ2n) is 5.01. The zero-order valence-corrected chi connectivity index (χ0v) is 13.3. The molecule has 0 bridgehead atoms. The first kappa shape index (κ1) is 15.5. The second kappa shape index (κ2) is 6.26. The van der Waals surface area contributed by atoms with Crippen LogP contribution in [0.15, 0.2) is 35.5 Å². The maximum Gasteiger partial charge on any atom is 0.178 e. The van der Waals surface area contributed by atoms with Crippen molar-refractivity contribution in [3.8, 4) is 0 Å². The van der Waals surface area contributed by atoms with E-state index in [0.29, 0.717) is 11.3 Å². The highest BCUT2D eigenvalue weighted by Crippen LogP contribution is 2.20.